The third-order valence-corrected chi connectivity index (χ3v) is 2.45. The minimum atomic E-state index is -0.930. The van der Waals surface area contributed by atoms with Crippen LogP contribution in [-0.2, 0) is 11.4 Å². The van der Waals surface area contributed by atoms with Crippen LogP contribution in [0.25, 0.3) is 0 Å². The average Bonchev–Trinajstić information content (AvgIpc) is 2.47. The Morgan fingerprint density at radius 2 is 1.85 bits per heavy atom. The summed E-state index contributed by atoms with van der Waals surface area (Å²) >= 11 is 0. The van der Waals surface area contributed by atoms with Crippen LogP contribution in [0.15, 0.2) is 47.6 Å². The fourth-order valence-corrected chi connectivity index (χ4v) is 1.48. The van der Waals surface area contributed by atoms with Gasteiger partial charge in [-0.3, -0.25) is 0 Å². The number of nitriles is 1. The maximum Gasteiger partial charge on any atom is 0.159 e. The van der Waals surface area contributed by atoms with Gasteiger partial charge < -0.3 is 4.84 Å². The highest BCUT2D eigenvalue weighted by molar-refractivity contribution is 5.79. The van der Waals surface area contributed by atoms with E-state index in [0.717, 1.165) is 12.1 Å². The lowest BCUT2D eigenvalue weighted by Gasteiger charge is -2.00. The van der Waals surface area contributed by atoms with Gasteiger partial charge in [-0.15, -0.1) is 0 Å². The highest BCUT2D eigenvalue weighted by atomic mass is 19.2. The van der Waals surface area contributed by atoms with Gasteiger partial charge in [0.15, 0.2) is 11.6 Å². The molecule has 20 heavy (non-hydrogen) atoms. The van der Waals surface area contributed by atoms with Crippen molar-refractivity contribution >= 4 is 6.21 Å². The van der Waals surface area contributed by atoms with Crippen LogP contribution in [0.5, 0.6) is 0 Å². The Balaban J connectivity index is 1.93. The van der Waals surface area contributed by atoms with Crippen LogP contribution in [0.3, 0.4) is 0 Å². The number of benzene rings is 2. The first-order valence-corrected chi connectivity index (χ1v) is 5.71. The number of rotatable bonds is 4. The van der Waals surface area contributed by atoms with Crippen LogP contribution in [0, 0.1) is 23.0 Å². The second kappa shape index (κ2) is 6.43. The van der Waals surface area contributed by atoms with Crippen LogP contribution >= 0.6 is 0 Å². The smallest absolute Gasteiger partial charge is 0.159 e. The molecule has 0 fully saturated rings. The van der Waals surface area contributed by atoms with Crippen molar-refractivity contribution < 1.29 is 13.6 Å². The lowest BCUT2D eigenvalue weighted by molar-refractivity contribution is 0.132. The molecule has 0 amide bonds. The van der Waals surface area contributed by atoms with Crippen molar-refractivity contribution in [2.45, 2.75) is 6.61 Å². The summed E-state index contributed by atoms with van der Waals surface area (Å²) in [6.07, 6.45) is 2.60. The zero-order chi connectivity index (χ0) is 14.4. The molecule has 0 unspecified atom stereocenters. The normalized spacial score (nSPS) is 10.4. The number of halogens is 2. The van der Waals surface area contributed by atoms with Gasteiger partial charge in [0.25, 0.3) is 0 Å². The van der Waals surface area contributed by atoms with Crippen molar-refractivity contribution in [3.05, 3.63) is 70.8 Å². The van der Waals surface area contributed by atoms with Gasteiger partial charge in [0.1, 0.15) is 12.8 Å². The van der Waals surface area contributed by atoms with Gasteiger partial charge in [0.2, 0.25) is 0 Å². The maximum atomic E-state index is 12.9. The molecule has 99 valence electrons. The Kier molecular flexibility index (Phi) is 4.40. The molecule has 0 atom stereocenters. The van der Waals surface area contributed by atoms with Crippen LogP contribution in [0.2, 0.25) is 0 Å². The average molecular weight is 271 g/mol. The van der Waals surface area contributed by atoms with Crippen LogP contribution in [-0.4, -0.2) is 6.21 Å². The largest absolute Gasteiger partial charge is 0.390 e. The molecule has 0 aliphatic heterocycles. The van der Waals surface area contributed by atoms with Gasteiger partial charge in [0.05, 0.1) is 11.6 Å². The monoisotopic (exact) mass is 271 g/mol. The van der Waals surface area contributed by atoms with E-state index >= 15 is 0 Å². The Morgan fingerprint density at radius 1 is 1.05 bits per heavy atom. The summed E-state index contributed by atoms with van der Waals surface area (Å²) in [6, 6.07) is 12.1. The zero-order valence-electron chi connectivity index (χ0n) is 10.3. The first kappa shape index (κ1) is 13.7. The van der Waals surface area contributed by atoms with Gasteiger partial charge >= 0.3 is 0 Å². The summed E-state index contributed by atoms with van der Waals surface area (Å²) in [7, 11) is 0. The first-order chi connectivity index (χ1) is 9.69. The predicted molar refractivity (Wildman–Crippen MR) is 68.8 cm³/mol. The Labute approximate surface area is 114 Å². The van der Waals surface area contributed by atoms with Gasteiger partial charge in [-0.2, -0.15) is 5.26 Å². The second-order valence-corrected chi connectivity index (χ2v) is 3.92. The van der Waals surface area contributed by atoms with E-state index in [1.54, 1.807) is 24.3 Å². The van der Waals surface area contributed by atoms with Crippen molar-refractivity contribution in [1.82, 2.24) is 0 Å². The van der Waals surface area contributed by atoms with Crippen molar-refractivity contribution in [3.8, 4) is 6.07 Å². The molecule has 0 aliphatic carbocycles. The summed E-state index contributed by atoms with van der Waals surface area (Å²) in [4.78, 5) is 4.93. The molecule has 5 heteroatoms. The Morgan fingerprint density at radius 3 is 2.60 bits per heavy atom. The Hall–Kier alpha value is -2.74. The van der Waals surface area contributed by atoms with Gasteiger partial charge in [0, 0.05) is 5.56 Å². The van der Waals surface area contributed by atoms with Gasteiger partial charge in [-0.25, -0.2) is 8.78 Å². The first-order valence-electron chi connectivity index (χ1n) is 5.71. The summed E-state index contributed by atoms with van der Waals surface area (Å²) < 4.78 is 25.6. The lowest BCUT2D eigenvalue weighted by atomic mass is 10.1. The summed E-state index contributed by atoms with van der Waals surface area (Å²) in [5, 5.41) is 12.3. The molecule has 0 heterocycles. The van der Waals surface area contributed by atoms with E-state index in [4.69, 9.17) is 10.1 Å². The summed E-state index contributed by atoms with van der Waals surface area (Å²) in [5.41, 5.74) is 1.54. The van der Waals surface area contributed by atoms with E-state index in [2.05, 4.69) is 11.4 Å². The number of hydrogen-bond acceptors (Lipinski definition) is 3. The molecule has 1 radical (unpaired) electrons. The fourth-order valence-electron chi connectivity index (χ4n) is 1.48. The molecule has 0 saturated carbocycles. The van der Waals surface area contributed by atoms with E-state index in [-0.39, 0.29) is 6.61 Å². The second-order valence-electron chi connectivity index (χ2n) is 3.92. The molecular weight excluding hydrogens is 262 g/mol. The molecule has 0 spiro atoms. The number of nitrogens with zero attached hydrogens (tertiary/aromatic N) is 2. The van der Waals surface area contributed by atoms with Crippen molar-refractivity contribution in [3.63, 3.8) is 0 Å². The topological polar surface area (TPSA) is 45.4 Å². The molecule has 0 N–H and O–H groups in total. The summed E-state index contributed by atoms with van der Waals surface area (Å²) in [5.74, 6) is -1.84. The molecule has 2 aromatic rings. The quantitative estimate of drug-likeness (QED) is 0.633. The minimum Gasteiger partial charge on any atom is -0.390 e. The minimum absolute atomic E-state index is 0.00212. The molecule has 2 rings (SSSR count). The van der Waals surface area contributed by atoms with Crippen LogP contribution in [0.4, 0.5) is 8.78 Å². The van der Waals surface area contributed by atoms with Gasteiger partial charge in [-0.05, 0) is 29.8 Å². The lowest BCUT2D eigenvalue weighted by Crippen LogP contribution is -1.92. The molecule has 0 saturated heterocycles. The van der Waals surface area contributed by atoms with Crippen LogP contribution < -0.4 is 0 Å². The highest BCUT2D eigenvalue weighted by Gasteiger charge is 2.02. The van der Waals surface area contributed by atoms with Crippen molar-refractivity contribution in [2.75, 3.05) is 0 Å². The third kappa shape index (κ3) is 3.62. The molecule has 0 aromatic heterocycles. The molecular formula is C15H9F2N2O. The third-order valence-electron chi connectivity index (χ3n) is 2.45. The van der Waals surface area contributed by atoms with E-state index < -0.39 is 11.6 Å². The van der Waals surface area contributed by atoms with E-state index in [1.807, 2.05) is 6.07 Å². The van der Waals surface area contributed by atoms with Crippen molar-refractivity contribution in [2.24, 2.45) is 5.16 Å². The van der Waals surface area contributed by atoms with Gasteiger partial charge in [-0.1, -0.05) is 23.4 Å². The standard InChI is InChI=1S/C15H9F2N2O/c16-14-5-4-13(7-15(14)17)10-20-19-9-12-3-1-2-11(6-12)8-18/h1-7H,10H2. The number of hydrogen-bond donors (Lipinski definition) is 0. The zero-order valence-corrected chi connectivity index (χ0v) is 10.3. The molecule has 0 aliphatic rings. The summed E-state index contributed by atoms with van der Waals surface area (Å²) in [6.45, 7) is 0.00212. The molecule has 3 nitrogen and oxygen atoms in total. The van der Waals surface area contributed by atoms with E-state index in [9.17, 15) is 8.78 Å². The van der Waals surface area contributed by atoms with E-state index in [1.165, 1.54) is 6.07 Å². The maximum absolute atomic E-state index is 12.9. The fraction of sp³-hybridized carbons (Fsp3) is 0.0667. The SMILES string of the molecule is N#Cc1cccc(/[C]=N\OCc2ccc(F)c(F)c2)c1. The van der Waals surface area contributed by atoms with Crippen molar-refractivity contribution in [1.29, 1.82) is 5.26 Å². The molecule has 2 aromatic carbocycles. The highest BCUT2D eigenvalue weighted by Crippen LogP contribution is 2.09. The van der Waals surface area contributed by atoms with E-state index in [0.29, 0.717) is 16.7 Å². The molecule has 0 bridgehead atoms. The predicted octanol–water partition coefficient (Wildman–Crippen LogP) is 3.26. The van der Waals surface area contributed by atoms with Crippen LogP contribution in [0.1, 0.15) is 16.7 Å². The Bertz CT molecular complexity index is 678.